The second-order valence-corrected chi connectivity index (χ2v) is 4.31. The number of nitrogens with zero attached hydrogens (tertiary/aromatic N) is 2. The van der Waals surface area contributed by atoms with Crippen molar-refractivity contribution in [3.8, 4) is 5.75 Å². The van der Waals surface area contributed by atoms with Crippen LogP contribution >= 0.6 is 0 Å². The van der Waals surface area contributed by atoms with Gasteiger partial charge in [0.15, 0.2) is 0 Å². The third kappa shape index (κ3) is 2.84. The molecule has 2 aromatic rings. The average molecular weight is 243 g/mol. The Labute approximate surface area is 107 Å². The molecule has 0 bridgehead atoms. The Hall–Kier alpha value is -1.94. The van der Waals surface area contributed by atoms with Gasteiger partial charge in [-0.1, -0.05) is 18.2 Å². The molecule has 0 fully saturated rings. The van der Waals surface area contributed by atoms with Gasteiger partial charge >= 0.3 is 0 Å². The Morgan fingerprint density at radius 1 is 1.17 bits per heavy atom. The second-order valence-electron chi connectivity index (χ2n) is 4.31. The average Bonchev–Trinajstić information content (AvgIpc) is 2.39. The van der Waals surface area contributed by atoms with Crippen LogP contribution in [0, 0.1) is 0 Å². The minimum absolute atomic E-state index is 0.111. The molecular weight excluding hydrogens is 226 g/mol. The lowest BCUT2D eigenvalue weighted by atomic mass is 10.0. The SMILES string of the molecule is CC(C)Oc1ccccc1C(N)c1cnccn1. The van der Waals surface area contributed by atoms with Crippen molar-refractivity contribution >= 4 is 0 Å². The first-order chi connectivity index (χ1) is 8.68. The summed E-state index contributed by atoms with van der Waals surface area (Å²) < 4.78 is 5.76. The highest BCUT2D eigenvalue weighted by atomic mass is 16.5. The Bertz CT molecular complexity index is 499. The molecule has 0 radical (unpaired) electrons. The maximum Gasteiger partial charge on any atom is 0.124 e. The normalized spacial score (nSPS) is 12.4. The molecular formula is C14H17N3O. The Balaban J connectivity index is 2.33. The van der Waals surface area contributed by atoms with Crippen LogP contribution in [-0.2, 0) is 0 Å². The van der Waals surface area contributed by atoms with E-state index in [-0.39, 0.29) is 12.1 Å². The van der Waals surface area contributed by atoms with Gasteiger partial charge in [-0.05, 0) is 19.9 Å². The Morgan fingerprint density at radius 3 is 2.61 bits per heavy atom. The van der Waals surface area contributed by atoms with Gasteiger partial charge in [-0.25, -0.2) is 0 Å². The van der Waals surface area contributed by atoms with Gasteiger partial charge in [-0.3, -0.25) is 9.97 Å². The van der Waals surface area contributed by atoms with E-state index in [4.69, 9.17) is 10.5 Å². The van der Waals surface area contributed by atoms with Crippen molar-refractivity contribution in [1.29, 1.82) is 0 Å². The molecule has 1 atom stereocenters. The van der Waals surface area contributed by atoms with Crippen LogP contribution in [0.2, 0.25) is 0 Å². The summed E-state index contributed by atoms with van der Waals surface area (Å²) in [6.45, 7) is 3.98. The first-order valence-electron chi connectivity index (χ1n) is 5.95. The molecule has 0 aliphatic heterocycles. The quantitative estimate of drug-likeness (QED) is 0.895. The van der Waals surface area contributed by atoms with Crippen molar-refractivity contribution in [2.75, 3.05) is 0 Å². The zero-order chi connectivity index (χ0) is 13.0. The molecule has 1 heterocycles. The van der Waals surface area contributed by atoms with E-state index >= 15 is 0 Å². The van der Waals surface area contributed by atoms with Gasteiger partial charge in [0.1, 0.15) is 5.75 Å². The fraction of sp³-hybridized carbons (Fsp3) is 0.286. The van der Waals surface area contributed by atoms with Gasteiger partial charge in [-0.2, -0.15) is 0 Å². The summed E-state index contributed by atoms with van der Waals surface area (Å²) in [5, 5.41) is 0. The van der Waals surface area contributed by atoms with Gasteiger partial charge in [0.2, 0.25) is 0 Å². The van der Waals surface area contributed by atoms with Crippen LogP contribution in [0.4, 0.5) is 0 Å². The number of rotatable bonds is 4. The Kier molecular flexibility index (Phi) is 3.89. The number of ether oxygens (including phenoxy) is 1. The Morgan fingerprint density at radius 2 is 1.94 bits per heavy atom. The first kappa shape index (κ1) is 12.5. The summed E-state index contributed by atoms with van der Waals surface area (Å²) in [5.41, 5.74) is 7.87. The van der Waals surface area contributed by atoms with E-state index in [1.165, 1.54) is 0 Å². The van der Waals surface area contributed by atoms with E-state index in [9.17, 15) is 0 Å². The summed E-state index contributed by atoms with van der Waals surface area (Å²) in [6, 6.07) is 7.43. The molecule has 4 heteroatoms. The van der Waals surface area contributed by atoms with E-state index in [0.29, 0.717) is 0 Å². The summed E-state index contributed by atoms with van der Waals surface area (Å²) in [6.07, 6.45) is 5.06. The van der Waals surface area contributed by atoms with Gasteiger partial charge in [0, 0.05) is 18.0 Å². The van der Waals surface area contributed by atoms with Crippen LogP contribution in [0.5, 0.6) is 5.75 Å². The molecule has 94 valence electrons. The van der Waals surface area contributed by atoms with Gasteiger partial charge < -0.3 is 10.5 Å². The summed E-state index contributed by atoms with van der Waals surface area (Å²) in [4.78, 5) is 8.27. The third-order valence-electron chi connectivity index (χ3n) is 2.52. The van der Waals surface area contributed by atoms with Crippen LogP contribution in [0.25, 0.3) is 0 Å². The van der Waals surface area contributed by atoms with Gasteiger partial charge in [0.25, 0.3) is 0 Å². The van der Waals surface area contributed by atoms with Gasteiger partial charge in [0.05, 0.1) is 24.0 Å². The zero-order valence-corrected chi connectivity index (χ0v) is 10.6. The van der Waals surface area contributed by atoms with Gasteiger partial charge in [-0.15, -0.1) is 0 Å². The maximum absolute atomic E-state index is 6.21. The van der Waals surface area contributed by atoms with E-state index in [0.717, 1.165) is 17.0 Å². The highest BCUT2D eigenvalue weighted by Gasteiger charge is 2.15. The summed E-state index contributed by atoms with van der Waals surface area (Å²) >= 11 is 0. The fourth-order valence-electron chi connectivity index (χ4n) is 1.73. The number of para-hydroxylation sites is 1. The monoisotopic (exact) mass is 243 g/mol. The van der Waals surface area contributed by atoms with Crippen molar-refractivity contribution in [2.24, 2.45) is 5.73 Å². The van der Waals surface area contributed by atoms with Crippen molar-refractivity contribution in [3.05, 3.63) is 54.1 Å². The van der Waals surface area contributed by atoms with E-state index in [1.54, 1.807) is 18.6 Å². The molecule has 18 heavy (non-hydrogen) atoms. The molecule has 2 rings (SSSR count). The lowest BCUT2D eigenvalue weighted by Crippen LogP contribution is -2.16. The largest absolute Gasteiger partial charge is 0.491 e. The van der Waals surface area contributed by atoms with E-state index in [1.807, 2.05) is 38.1 Å². The fourth-order valence-corrected chi connectivity index (χ4v) is 1.73. The molecule has 2 N–H and O–H groups in total. The summed E-state index contributed by atoms with van der Waals surface area (Å²) in [5.74, 6) is 0.797. The van der Waals surface area contributed by atoms with Crippen molar-refractivity contribution in [3.63, 3.8) is 0 Å². The maximum atomic E-state index is 6.21. The smallest absolute Gasteiger partial charge is 0.124 e. The minimum Gasteiger partial charge on any atom is -0.491 e. The lowest BCUT2D eigenvalue weighted by Gasteiger charge is -2.18. The van der Waals surface area contributed by atoms with Crippen LogP contribution in [0.3, 0.4) is 0 Å². The second kappa shape index (κ2) is 5.60. The van der Waals surface area contributed by atoms with Crippen LogP contribution in [-0.4, -0.2) is 16.1 Å². The molecule has 0 saturated carbocycles. The third-order valence-corrected chi connectivity index (χ3v) is 2.52. The van der Waals surface area contributed by atoms with Crippen LogP contribution in [0.15, 0.2) is 42.9 Å². The highest BCUT2D eigenvalue weighted by molar-refractivity contribution is 5.39. The van der Waals surface area contributed by atoms with Crippen LogP contribution in [0.1, 0.15) is 31.1 Å². The zero-order valence-electron chi connectivity index (χ0n) is 10.6. The molecule has 1 aromatic carbocycles. The van der Waals surface area contributed by atoms with E-state index < -0.39 is 0 Å². The van der Waals surface area contributed by atoms with Crippen LogP contribution < -0.4 is 10.5 Å². The molecule has 0 aliphatic rings. The number of nitrogens with two attached hydrogens (primary N) is 1. The molecule has 0 amide bonds. The molecule has 0 saturated heterocycles. The summed E-state index contributed by atoms with van der Waals surface area (Å²) in [7, 11) is 0. The molecule has 0 aliphatic carbocycles. The molecule has 4 nitrogen and oxygen atoms in total. The first-order valence-corrected chi connectivity index (χ1v) is 5.95. The number of aromatic nitrogens is 2. The number of hydrogen-bond donors (Lipinski definition) is 1. The highest BCUT2D eigenvalue weighted by Crippen LogP contribution is 2.27. The topological polar surface area (TPSA) is 61.0 Å². The molecule has 0 spiro atoms. The van der Waals surface area contributed by atoms with E-state index in [2.05, 4.69) is 9.97 Å². The van der Waals surface area contributed by atoms with Crippen molar-refractivity contribution < 1.29 is 4.74 Å². The standard InChI is InChI=1S/C14H17N3O/c1-10(2)18-13-6-4-3-5-11(13)14(15)12-9-16-7-8-17-12/h3-10,14H,15H2,1-2H3. The van der Waals surface area contributed by atoms with Crippen molar-refractivity contribution in [1.82, 2.24) is 9.97 Å². The van der Waals surface area contributed by atoms with Crippen molar-refractivity contribution in [2.45, 2.75) is 26.0 Å². The molecule has 1 unspecified atom stereocenters. The lowest BCUT2D eigenvalue weighted by molar-refractivity contribution is 0.239. The predicted molar refractivity (Wildman–Crippen MR) is 70.3 cm³/mol. The minimum atomic E-state index is -0.325. The number of hydrogen-bond acceptors (Lipinski definition) is 4. The molecule has 1 aromatic heterocycles. The number of benzene rings is 1. The predicted octanol–water partition coefficient (Wildman–Crippen LogP) is 2.31.